The molecule has 0 aromatic heterocycles. The van der Waals surface area contributed by atoms with Crippen LogP contribution in [-0.2, 0) is 0 Å². The first-order valence-corrected chi connectivity index (χ1v) is 6.18. The van der Waals surface area contributed by atoms with Crippen molar-refractivity contribution >= 4 is 0 Å². The van der Waals surface area contributed by atoms with Crippen LogP contribution in [0.3, 0.4) is 0 Å². The molecular formula is C12H27NO. The summed E-state index contributed by atoms with van der Waals surface area (Å²) in [5.41, 5.74) is 0. The quantitative estimate of drug-likeness (QED) is 0.549. The van der Waals surface area contributed by atoms with Crippen LogP contribution in [0, 0.1) is 0 Å². The Hall–Kier alpha value is -0.0800. The Morgan fingerprint density at radius 3 is 2.07 bits per heavy atom. The highest BCUT2D eigenvalue weighted by Gasteiger charge is 2.00. The molecule has 0 amide bonds. The molecule has 2 heteroatoms. The molecule has 0 atom stereocenters. The molecule has 2 nitrogen and oxygen atoms in total. The lowest BCUT2D eigenvalue weighted by Crippen LogP contribution is -2.26. The van der Waals surface area contributed by atoms with Gasteiger partial charge in [0, 0.05) is 13.2 Å². The van der Waals surface area contributed by atoms with Crippen LogP contribution in [0.1, 0.15) is 52.4 Å². The molecule has 0 fully saturated rings. The van der Waals surface area contributed by atoms with Gasteiger partial charge in [0.05, 0.1) is 0 Å². The molecule has 0 saturated carbocycles. The van der Waals surface area contributed by atoms with Gasteiger partial charge in [-0.15, -0.1) is 0 Å². The average molecular weight is 201 g/mol. The van der Waals surface area contributed by atoms with E-state index in [1.807, 2.05) is 0 Å². The molecule has 86 valence electrons. The molecule has 0 aliphatic carbocycles. The molecule has 0 bridgehead atoms. The lowest BCUT2D eigenvalue weighted by atomic mass is 10.1. The second-order valence-electron chi connectivity index (χ2n) is 3.93. The van der Waals surface area contributed by atoms with Crippen LogP contribution < -0.4 is 0 Å². The SMILES string of the molecule is CCCCCCCN(CC)CCCO. The lowest BCUT2D eigenvalue weighted by molar-refractivity contribution is 0.227. The maximum atomic E-state index is 8.73. The summed E-state index contributed by atoms with van der Waals surface area (Å²) in [5.74, 6) is 0. The van der Waals surface area contributed by atoms with E-state index >= 15 is 0 Å². The monoisotopic (exact) mass is 201 g/mol. The summed E-state index contributed by atoms with van der Waals surface area (Å²) in [4.78, 5) is 2.43. The summed E-state index contributed by atoms with van der Waals surface area (Å²) < 4.78 is 0. The van der Waals surface area contributed by atoms with Crippen molar-refractivity contribution in [2.45, 2.75) is 52.4 Å². The highest BCUT2D eigenvalue weighted by atomic mass is 16.3. The van der Waals surface area contributed by atoms with E-state index < -0.39 is 0 Å². The predicted molar refractivity (Wildman–Crippen MR) is 62.6 cm³/mol. The molecule has 0 spiro atoms. The summed E-state index contributed by atoms with van der Waals surface area (Å²) in [5, 5.41) is 8.73. The Kier molecular flexibility index (Phi) is 10.9. The Morgan fingerprint density at radius 2 is 1.50 bits per heavy atom. The van der Waals surface area contributed by atoms with E-state index in [0.29, 0.717) is 6.61 Å². The van der Waals surface area contributed by atoms with Crippen molar-refractivity contribution in [3.63, 3.8) is 0 Å². The van der Waals surface area contributed by atoms with Gasteiger partial charge in [0.2, 0.25) is 0 Å². The van der Waals surface area contributed by atoms with E-state index in [0.717, 1.165) is 19.5 Å². The van der Waals surface area contributed by atoms with Gasteiger partial charge < -0.3 is 10.0 Å². The zero-order valence-corrected chi connectivity index (χ0v) is 9.97. The fourth-order valence-corrected chi connectivity index (χ4v) is 1.66. The van der Waals surface area contributed by atoms with Crippen molar-refractivity contribution in [1.82, 2.24) is 4.90 Å². The molecule has 0 aliphatic rings. The first-order chi connectivity index (χ1) is 6.85. The second kappa shape index (κ2) is 11.0. The molecule has 0 aromatic rings. The lowest BCUT2D eigenvalue weighted by Gasteiger charge is -2.19. The molecule has 0 rings (SSSR count). The van der Waals surface area contributed by atoms with Crippen LogP contribution in [0.5, 0.6) is 0 Å². The number of aliphatic hydroxyl groups excluding tert-OH is 1. The van der Waals surface area contributed by atoms with E-state index in [4.69, 9.17) is 5.11 Å². The Bertz CT molecular complexity index is 106. The van der Waals surface area contributed by atoms with Crippen LogP contribution in [0.15, 0.2) is 0 Å². The van der Waals surface area contributed by atoms with Gasteiger partial charge in [-0.1, -0.05) is 39.5 Å². The minimum Gasteiger partial charge on any atom is -0.396 e. The third-order valence-corrected chi connectivity index (χ3v) is 2.66. The molecule has 0 saturated heterocycles. The van der Waals surface area contributed by atoms with Gasteiger partial charge in [-0.2, -0.15) is 0 Å². The van der Waals surface area contributed by atoms with E-state index in [9.17, 15) is 0 Å². The fourth-order valence-electron chi connectivity index (χ4n) is 1.66. The number of aliphatic hydroxyl groups is 1. The number of hydrogen-bond donors (Lipinski definition) is 1. The molecule has 0 radical (unpaired) electrons. The summed E-state index contributed by atoms with van der Waals surface area (Å²) in [6.45, 7) is 8.16. The van der Waals surface area contributed by atoms with Crippen molar-refractivity contribution < 1.29 is 5.11 Å². The van der Waals surface area contributed by atoms with Crippen molar-refractivity contribution in [1.29, 1.82) is 0 Å². The van der Waals surface area contributed by atoms with Crippen LogP contribution in [0.4, 0.5) is 0 Å². The van der Waals surface area contributed by atoms with Crippen LogP contribution in [-0.4, -0.2) is 36.2 Å². The molecule has 0 aliphatic heterocycles. The molecular weight excluding hydrogens is 174 g/mol. The zero-order chi connectivity index (χ0) is 10.6. The van der Waals surface area contributed by atoms with E-state index in [2.05, 4.69) is 18.7 Å². The third-order valence-electron chi connectivity index (χ3n) is 2.66. The highest BCUT2D eigenvalue weighted by Crippen LogP contribution is 2.04. The van der Waals surface area contributed by atoms with Gasteiger partial charge in [-0.25, -0.2) is 0 Å². The number of rotatable bonds is 10. The van der Waals surface area contributed by atoms with E-state index in [1.165, 1.54) is 38.6 Å². The van der Waals surface area contributed by atoms with Crippen molar-refractivity contribution in [3.8, 4) is 0 Å². The molecule has 0 heterocycles. The van der Waals surface area contributed by atoms with Crippen LogP contribution in [0.25, 0.3) is 0 Å². The van der Waals surface area contributed by atoms with E-state index in [1.54, 1.807) is 0 Å². The Balaban J connectivity index is 3.24. The van der Waals surface area contributed by atoms with Gasteiger partial charge in [0.1, 0.15) is 0 Å². The third kappa shape index (κ3) is 8.52. The van der Waals surface area contributed by atoms with Crippen molar-refractivity contribution in [3.05, 3.63) is 0 Å². The van der Waals surface area contributed by atoms with Crippen LogP contribution in [0.2, 0.25) is 0 Å². The highest BCUT2D eigenvalue weighted by molar-refractivity contribution is 4.55. The Morgan fingerprint density at radius 1 is 0.857 bits per heavy atom. The minimum absolute atomic E-state index is 0.326. The van der Waals surface area contributed by atoms with Crippen molar-refractivity contribution in [2.75, 3.05) is 26.2 Å². The average Bonchev–Trinajstić information content (AvgIpc) is 2.22. The predicted octanol–water partition coefficient (Wildman–Crippen LogP) is 2.66. The minimum atomic E-state index is 0.326. The normalized spacial score (nSPS) is 11.1. The topological polar surface area (TPSA) is 23.5 Å². The first-order valence-electron chi connectivity index (χ1n) is 6.18. The first kappa shape index (κ1) is 13.9. The van der Waals surface area contributed by atoms with Gasteiger partial charge in [-0.05, 0) is 25.9 Å². The summed E-state index contributed by atoms with van der Waals surface area (Å²) in [6, 6.07) is 0. The standard InChI is InChI=1S/C12H27NO/c1-3-5-6-7-8-10-13(4-2)11-9-12-14/h14H,3-12H2,1-2H3. The molecule has 1 N–H and O–H groups in total. The summed E-state index contributed by atoms with van der Waals surface area (Å²) >= 11 is 0. The maximum absolute atomic E-state index is 8.73. The number of unbranched alkanes of at least 4 members (excludes halogenated alkanes) is 4. The largest absolute Gasteiger partial charge is 0.396 e. The maximum Gasteiger partial charge on any atom is 0.0443 e. The van der Waals surface area contributed by atoms with Crippen LogP contribution >= 0.6 is 0 Å². The fraction of sp³-hybridized carbons (Fsp3) is 1.00. The second-order valence-corrected chi connectivity index (χ2v) is 3.93. The van der Waals surface area contributed by atoms with Gasteiger partial charge >= 0.3 is 0 Å². The Labute approximate surface area is 89.3 Å². The summed E-state index contributed by atoms with van der Waals surface area (Å²) in [7, 11) is 0. The van der Waals surface area contributed by atoms with Gasteiger partial charge in [-0.3, -0.25) is 0 Å². The zero-order valence-electron chi connectivity index (χ0n) is 9.97. The van der Waals surface area contributed by atoms with Crippen molar-refractivity contribution in [2.24, 2.45) is 0 Å². The molecule has 0 unspecified atom stereocenters. The smallest absolute Gasteiger partial charge is 0.0443 e. The van der Waals surface area contributed by atoms with Gasteiger partial charge in [0.25, 0.3) is 0 Å². The number of nitrogens with zero attached hydrogens (tertiary/aromatic N) is 1. The van der Waals surface area contributed by atoms with Gasteiger partial charge in [0.15, 0.2) is 0 Å². The van der Waals surface area contributed by atoms with E-state index in [-0.39, 0.29) is 0 Å². The molecule has 14 heavy (non-hydrogen) atoms. The summed E-state index contributed by atoms with van der Waals surface area (Å²) in [6.07, 6.45) is 7.68. The number of hydrogen-bond acceptors (Lipinski definition) is 2. The molecule has 0 aromatic carbocycles.